The minimum atomic E-state index is -0.451. The summed E-state index contributed by atoms with van der Waals surface area (Å²) in [6.45, 7) is 8.49. The molecule has 0 aromatic heterocycles. The Morgan fingerprint density at radius 1 is 1.25 bits per heavy atom. The molecule has 0 bridgehead atoms. The average Bonchev–Trinajstić information content (AvgIpc) is 3.03. The number of rotatable bonds is 5. The summed E-state index contributed by atoms with van der Waals surface area (Å²) < 4.78 is 5.79. The number of carbonyl (C=O) groups is 2. The molecule has 0 aliphatic carbocycles. The van der Waals surface area contributed by atoms with Crippen LogP contribution >= 0.6 is 11.8 Å². The molecule has 7 heteroatoms. The van der Waals surface area contributed by atoms with Crippen molar-refractivity contribution >= 4 is 23.6 Å². The van der Waals surface area contributed by atoms with Crippen molar-refractivity contribution in [2.75, 3.05) is 37.9 Å². The van der Waals surface area contributed by atoms with Crippen LogP contribution < -0.4 is 5.73 Å². The average molecular weight is 358 g/mol. The smallest absolute Gasteiger partial charge is 0.246 e. The van der Waals surface area contributed by atoms with Crippen molar-refractivity contribution in [3.05, 3.63) is 0 Å². The molecule has 6 nitrogen and oxygen atoms in total. The molecule has 0 aromatic rings. The zero-order valence-electron chi connectivity index (χ0n) is 15.1. The van der Waals surface area contributed by atoms with Crippen molar-refractivity contribution in [2.24, 2.45) is 11.1 Å². The van der Waals surface area contributed by atoms with Crippen LogP contribution in [0.5, 0.6) is 0 Å². The van der Waals surface area contributed by atoms with Gasteiger partial charge in [-0.2, -0.15) is 0 Å². The van der Waals surface area contributed by atoms with E-state index in [2.05, 4.69) is 0 Å². The number of amides is 2. The molecule has 0 saturated carbocycles. The van der Waals surface area contributed by atoms with Gasteiger partial charge in [0.05, 0.1) is 12.0 Å². The Labute approximate surface area is 149 Å². The Hall–Kier alpha value is -0.790. The minimum absolute atomic E-state index is 0.0610. The molecule has 2 N–H and O–H groups in total. The normalized spacial score (nSPS) is 22.9. The molecule has 1 unspecified atom stereocenters. The third kappa shape index (κ3) is 4.86. The summed E-state index contributed by atoms with van der Waals surface area (Å²) in [5.41, 5.74) is 5.03. The van der Waals surface area contributed by atoms with Gasteiger partial charge in [0.15, 0.2) is 0 Å². The predicted octanol–water partition coefficient (Wildman–Crippen LogP) is 1.29. The molecule has 2 saturated heterocycles. The number of likely N-dealkylation sites (tertiary alicyclic amines) is 1. The van der Waals surface area contributed by atoms with Crippen molar-refractivity contribution in [3.8, 4) is 0 Å². The lowest BCUT2D eigenvalue weighted by Crippen LogP contribution is -2.53. The summed E-state index contributed by atoms with van der Waals surface area (Å²) in [6.07, 6.45) is 2.83. The number of hydrogen-bond donors (Lipinski definition) is 1. The molecule has 0 spiro atoms. The number of thioether (sulfide) groups is 1. The minimum Gasteiger partial charge on any atom is -0.378 e. The van der Waals surface area contributed by atoms with Gasteiger partial charge in [0.25, 0.3) is 0 Å². The zero-order chi connectivity index (χ0) is 17.7. The van der Waals surface area contributed by atoms with E-state index in [1.54, 1.807) is 16.7 Å². The van der Waals surface area contributed by atoms with Gasteiger partial charge in [-0.15, -0.1) is 11.8 Å². The van der Waals surface area contributed by atoms with Crippen molar-refractivity contribution in [3.63, 3.8) is 0 Å². The molecule has 24 heavy (non-hydrogen) atoms. The van der Waals surface area contributed by atoms with Gasteiger partial charge in [-0.1, -0.05) is 20.8 Å². The monoisotopic (exact) mass is 357 g/mol. The molecule has 0 aromatic carbocycles. The third-order valence-electron chi connectivity index (χ3n) is 4.53. The molecule has 0 radical (unpaired) electrons. The van der Waals surface area contributed by atoms with Crippen LogP contribution in [0.4, 0.5) is 0 Å². The molecule has 2 amide bonds. The van der Waals surface area contributed by atoms with Gasteiger partial charge < -0.3 is 20.3 Å². The van der Waals surface area contributed by atoms with E-state index in [0.717, 1.165) is 19.3 Å². The SMILES string of the molecule is CC(C)(C)C(=O)N1CSCC1C(=O)N1CCC(OCCCN)CC1. The van der Waals surface area contributed by atoms with Crippen LogP contribution in [-0.2, 0) is 14.3 Å². The predicted molar refractivity (Wildman–Crippen MR) is 96.6 cm³/mol. The van der Waals surface area contributed by atoms with Gasteiger partial charge in [-0.25, -0.2) is 0 Å². The summed E-state index contributed by atoms with van der Waals surface area (Å²) in [4.78, 5) is 29.1. The lowest BCUT2D eigenvalue weighted by Gasteiger charge is -2.36. The highest BCUT2D eigenvalue weighted by Gasteiger charge is 2.41. The van der Waals surface area contributed by atoms with Crippen molar-refractivity contribution in [1.29, 1.82) is 0 Å². The van der Waals surface area contributed by atoms with Gasteiger partial charge in [0, 0.05) is 30.9 Å². The fourth-order valence-corrected chi connectivity index (χ4v) is 4.21. The second-order valence-corrected chi connectivity index (χ2v) is 8.58. The lowest BCUT2D eigenvalue weighted by molar-refractivity contribution is -0.149. The van der Waals surface area contributed by atoms with E-state index in [-0.39, 0.29) is 24.0 Å². The van der Waals surface area contributed by atoms with E-state index in [1.165, 1.54) is 0 Å². The van der Waals surface area contributed by atoms with Crippen molar-refractivity contribution < 1.29 is 14.3 Å². The maximum atomic E-state index is 12.9. The summed E-state index contributed by atoms with van der Waals surface area (Å²) in [7, 11) is 0. The Morgan fingerprint density at radius 2 is 1.92 bits per heavy atom. The topological polar surface area (TPSA) is 75.9 Å². The van der Waals surface area contributed by atoms with Gasteiger partial charge >= 0.3 is 0 Å². The highest BCUT2D eigenvalue weighted by molar-refractivity contribution is 7.99. The first-order valence-electron chi connectivity index (χ1n) is 8.84. The maximum Gasteiger partial charge on any atom is 0.246 e. The van der Waals surface area contributed by atoms with E-state index >= 15 is 0 Å². The van der Waals surface area contributed by atoms with E-state index in [1.807, 2.05) is 25.7 Å². The van der Waals surface area contributed by atoms with Gasteiger partial charge in [0.2, 0.25) is 11.8 Å². The quantitative estimate of drug-likeness (QED) is 0.751. The molecular formula is C17H31N3O3S. The Balaban J connectivity index is 1.87. The van der Waals surface area contributed by atoms with Crippen LogP contribution in [0.2, 0.25) is 0 Å². The maximum absolute atomic E-state index is 12.9. The van der Waals surface area contributed by atoms with Gasteiger partial charge in [0.1, 0.15) is 6.04 Å². The zero-order valence-corrected chi connectivity index (χ0v) is 15.9. The van der Waals surface area contributed by atoms with Crippen LogP contribution in [0.15, 0.2) is 0 Å². The summed E-state index contributed by atoms with van der Waals surface area (Å²) in [5, 5.41) is 0. The molecular weight excluding hydrogens is 326 g/mol. The van der Waals surface area contributed by atoms with E-state index < -0.39 is 5.41 Å². The fraction of sp³-hybridized carbons (Fsp3) is 0.882. The molecule has 1 atom stereocenters. The Kier molecular flexibility index (Phi) is 6.95. The van der Waals surface area contributed by atoms with Crippen LogP contribution in [0, 0.1) is 5.41 Å². The number of nitrogens with zero attached hydrogens (tertiary/aromatic N) is 2. The summed E-state index contributed by atoms with van der Waals surface area (Å²) in [6, 6.07) is -0.309. The van der Waals surface area contributed by atoms with E-state index in [4.69, 9.17) is 10.5 Å². The standard InChI is InChI=1S/C17H31N3O3S/c1-17(2,3)16(22)20-12-24-11-14(20)15(21)19-8-5-13(6-9-19)23-10-4-7-18/h13-14H,4-12,18H2,1-3H3. The van der Waals surface area contributed by atoms with Crippen LogP contribution in [0.3, 0.4) is 0 Å². The van der Waals surface area contributed by atoms with Crippen molar-refractivity contribution in [1.82, 2.24) is 9.80 Å². The third-order valence-corrected chi connectivity index (χ3v) is 5.54. The van der Waals surface area contributed by atoms with Gasteiger partial charge in [-0.05, 0) is 25.8 Å². The lowest BCUT2D eigenvalue weighted by atomic mass is 9.94. The highest BCUT2D eigenvalue weighted by atomic mass is 32.2. The second kappa shape index (κ2) is 8.54. The van der Waals surface area contributed by atoms with Crippen LogP contribution in [0.1, 0.15) is 40.0 Å². The molecule has 2 fully saturated rings. The van der Waals surface area contributed by atoms with Crippen LogP contribution in [0.25, 0.3) is 0 Å². The number of carbonyl (C=O) groups excluding carboxylic acids is 2. The molecule has 2 aliphatic heterocycles. The second-order valence-electron chi connectivity index (χ2n) is 7.58. The molecule has 2 aliphatic rings. The van der Waals surface area contributed by atoms with E-state index in [0.29, 0.717) is 37.9 Å². The molecule has 2 heterocycles. The molecule has 138 valence electrons. The summed E-state index contributed by atoms with van der Waals surface area (Å²) >= 11 is 1.66. The number of nitrogens with two attached hydrogens (primary N) is 1. The fourth-order valence-electron chi connectivity index (χ4n) is 3.07. The highest BCUT2D eigenvalue weighted by Crippen LogP contribution is 2.29. The van der Waals surface area contributed by atoms with Gasteiger partial charge in [-0.3, -0.25) is 9.59 Å². The Morgan fingerprint density at radius 3 is 2.50 bits per heavy atom. The van der Waals surface area contributed by atoms with Crippen molar-refractivity contribution in [2.45, 2.75) is 52.2 Å². The summed E-state index contributed by atoms with van der Waals surface area (Å²) in [5.74, 6) is 1.47. The first kappa shape index (κ1) is 19.5. The number of ether oxygens (including phenoxy) is 1. The Bertz CT molecular complexity index is 445. The van der Waals surface area contributed by atoms with E-state index in [9.17, 15) is 9.59 Å². The largest absolute Gasteiger partial charge is 0.378 e. The van der Waals surface area contributed by atoms with Crippen LogP contribution in [-0.4, -0.2) is 71.6 Å². The number of hydrogen-bond acceptors (Lipinski definition) is 5. The molecule has 2 rings (SSSR count). The first-order valence-corrected chi connectivity index (χ1v) is 9.99. The number of piperidine rings is 1. The first-order chi connectivity index (χ1) is 11.3.